The van der Waals surface area contributed by atoms with E-state index in [0.717, 1.165) is 6.42 Å². The van der Waals surface area contributed by atoms with Gasteiger partial charge in [-0.15, -0.1) is 10.2 Å². The molecule has 23 heavy (non-hydrogen) atoms. The smallest absolute Gasteiger partial charge is 0.276 e. The lowest BCUT2D eigenvalue weighted by molar-refractivity contribution is 0.102. The highest BCUT2D eigenvalue weighted by Gasteiger charge is 2.11. The summed E-state index contributed by atoms with van der Waals surface area (Å²) in [5, 5.41) is 14.5. The Kier molecular flexibility index (Phi) is 6.58. The summed E-state index contributed by atoms with van der Waals surface area (Å²) in [6.45, 7) is 1.39. The number of benzene rings is 1. The summed E-state index contributed by atoms with van der Waals surface area (Å²) in [5.41, 5.74) is 0.656. The van der Waals surface area contributed by atoms with E-state index in [1.807, 2.05) is 0 Å². The molecule has 8 heteroatoms. The molecule has 0 aliphatic heterocycles. The van der Waals surface area contributed by atoms with Gasteiger partial charge in [-0.25, -0.2) is 0 Å². The summed E-state index contributed by atoms with van der Waals surface area (Å²) in [6.07, 6.45) is 0.857. The molecule has 0 unspecified atom stereocenters. The van der Waals surface area contributed by atoms with Crippen molar-refractivity contribution >= 4 is 40.6 Å². The van der Waals surface area contributed by atoms with Gasteiger partial charge in [0.15, 0.2) is 5.69 Å². The molecule has 2 aromatic rings. The van der Waals surface area contributed by atoms with Crippen LogP contribution in [0.4, 0.5) is 11.5 Å². The molecular formula is C15H16Cl2N4O2. The predicted octanol–water partition coefficient (Wildman–Crippen LogP) is 3.48. The average molecular weight is 355 g/mol. The summed E-state index contributed by atoms with van der Waals surface area (Å²) < 4.78 is 4.96. The normalized spacial score (nSPS) is 10.4. The van der Waals surface area contributed by atoms with E-state index in [-0.39, 0.29) is 5.69 Å². The Morgan fingerprint density at radius 2 is 2.04 bits per heavy atom. The first kappa shape index (κ1) is 17.5. The van der Waals surface area contributed by atoms with Crippen LogP contribution in [-0.2, 0) is 4.74 Å². The summed E-state index contributed by atoms with van der Waals surface area (Å²) in [5.74, 6) is 0.204. The molecule has 1 aromatic carbocycles. The Morgan fingerprint density at radius 3 is 2.70 bits per heavy atom. The first-order valence-corrected chi connectivity index (χ1v) is 7.68. The highest BCUT2D eigenvalue weighted by molar-refractivity contribution is 6.36. The van der Waals surface area contributed by atoms with Gasteiger partial charge in [0, 0.05) is 25.3 Å². The molecule has 0 radical (unpaired) electrons. The minimum Gasteiger partial charge on any atom is -0.385 e. The number of amides is 1. The number of halogens is 2. The Balaban J connectivity index is 1.94. The number of nitrogens with one attached hydrogen (secondary N) is 2. The van der Waals surface area contributed by atoms with Crippen molar-refractivity contribution in [3.63, 3.8) is 0 Å². The van der Waals surface area contributed by atoms with Crippen molar-refractivity contribution in [1.29, 1.82) is 0 Å². The van der Waals surface area contributed by atoms with Crippen molar-refractivity contribution in [2.24, 2.45) is 0 Å². The molecule has 0 bridgehead atoms. The van der Waals surface area contributed by atoms with E-state index < -0.39 is 5.91 Å². The molecule has 0 aliphatic carbocycles. The monoisotopic (exact) mass is 354 g/mol. The fourth-order valence-electron chi connectivity index (χ4n) is 1.76. The number of carbonyl (C=O) groups excluding carboxylic acids is 1. The van der Waals surface area contributed by atoms with Crippen molar-refractivity contribution in [2.45, 2.75) is 6.42 Å². The van der Waals surface area contributed by atoms with Crippen molar-refractivity contribution < 1.29 is 9.53 Å². The van der Waals surface area contributed by atoms with Crippen LogP contribution in [0.15, 0.2) is 30.3 Å². The third kappa shape index (κ3) is 5.35. The Bertz CT molecular complexity index is 665. The van der Waals surface area contributed by atoms with Crippen molar-refractivity contribution in [3.8, 4) is 0 Å². The predicted molar refractivity (Wildman–Crippen MR) is 91.4 cm³/mol. The number of carbonyl (C=O) groups is 1. The molecule has 1 amide bonds. The van der Waals surface area contributed by atoms with E-state index in [1.54, 1.807) is 37.4 Å². The summed E-state index contributed by atoms with van der Waals surface area (Å²) in [6, 6.07) is 8.10. The van der Waals surface area contributed by atoms with Crippen LogP contribution in [0, 0.1) is 0 Å². The highest BCUT2D eigenvalue weighted by Crippen LogP contribution is 2.25. The lowest BCUT2D eigenvalue weighted by atomic mass is 10.3. The minimum atomic E-state index is -0.396. The first-order chi connectivity index (χ1) is 11.1. The molecule has 1 aromatic heterocycles. The zero-order chi connectivity index (χ0) is 16.7. The Hall–Kier alpha value is -1.89. The van der Waals surface area contributed by atoms with Crippen LogP contribution >= 0.6 is 23.2 Å². The van der Waals surface area contributed by atoms with Crippen LogP contribution in [0.1, 0.15) is 16.9 Å². The van der Waals surface area contributed by atoms with Gasteiger partial charge >= 0.3 is 0 Å². The molecule has 122 valence electrons. The molecule has 6 nitrogen and oxygen atoms in total. The Labute approximate surface area is 144 Å². The van der Waals surface area contributed by atoms with Crippen LogP contribution in [0.2, 0.25) is 10.0 Å². The largest absolute Gasteiger partial charge is 0.385 e. The third-order valence-electron chi connectivity index (χ3n) is 2.91. The molecule has 0 aliphatic rings. The van der Waals surface area contributed by atoms with Crippen LogP contribution < -0.4 is 10.6 Å². The van der Waals surface area contributed by atoms with Gasteiger partial charge in [0.25, 0.3) is 5.91 Å². The number of hydrogen-bond acceptors (Lipinski definition) is 5. The number of aromatic nitrogens is 2. The first-order valence-electron chi connectivity index (χ1n) is 6.93. The van der Waals surface area contributed by atoms with Gasteiger partial charge in [0.05, 0.1) is 10.7 Å². The van der Waals surface area contributed by atoms with Gasteiger partial charge in [-0.3, -0.25) is 4.79 Å². The molecule has 0 spiro atoms. The fraction of sp³-hybridized carbons (Fsp3) is 0.267. The number of ether oxygens (including phenoxy) is 1. The second-order valence-corrected chi connectivity index (χ2v) is 5.50. The summed E-state index contributed by atoms with van der Waals surface area (Å²) in [7, 11) is 1.65. The van der Waals surface area contributed by atoms with Crippen molar-refractivity contribution in [2.75, 3.05) is 30.9 Å². The maximum Gasteiger partial charge on any atom is 0.276 e. The second kappa shape index (κ2) is 8.67. The maximum absolute atomic E-state index is 12.1. The second-order valence-electron chi connectivity index (χ2n) is 4.66. The van der Waals surface area contributed by atoms with E-state index in [0.29, 0.717) is 34.7 Å². The lowest BCUT2D eigenvalue weighted by Gasteiger charge is -2.08. The molecular weight excluding hydrogens is 339 g/mol. The SMILES string of the molecule is COCCCNc1ccc(C(=O)Nc2ccc(Cl)cc2Cl)nn1. The number of anilines is 2. The van der Waals surface area contributed by atoms with Crippen LogP contribution in [-0.4, -0.2) is 36.4 Å². The van der Waals surface area contributed by atoms with Crippen LogP contribution in [0.3, 0.4) is 0 Å². The number of methoxy groups -OCH3 is 1. The van der Waals surface area contributed by atoms with Crippen molar-refractivity contribution in [1.82, 2.24) is 10.2 Å². The third-order valence-corrected chi connectivity index (χ3v) is 3.46. The van der Waals surface area contributed by atoms with E-state index in [4.69, 9.17) is 27.9 Å². The van der Waals surface area contributed by atoms with Gasteiger partial charge in [0.1, 0.15) is 5.82 Å². The number of hydrogen-bond donors (Lipinski definition) is 2. The zero-order valence-electron chi connectivity index (χ0n) is 12.5. The van der Waals surface area contributed by atoms with E-state index in [2.05, 4.69) is 20.8 Å². The van der Waals surface area contributed by atoms with Gasteiger partial charge in [-0.2, -0.15) is 0 Å². The summed E-state index contributed by atoms with van der Waals surface area (Å²) >= 11 is 11.8. The van der Waals surface area contributed by atoms with Crippen molar-refractivity contribution in [3.05, 3.63) is 46.1 Å². The highest BCUT2D eigenvalue weighted by atomic mass is 35.5. The fourth-order valence-corrected chi connectivity index (χ4v) is 2.21. The minimum absolute atomic E-state index is 0.193. The van der Waals surface area contributed by atoms with Gasteiger partial charge in [0.2, 0.25) is 0 Å². The van der Waals surface area contributed by atoms with E-state index in [9.17, 15) is 4.79 Å². The summed E-state index contributed by atoms with van der Waals surface area (Å²) in [4.78, 5) is 12.1. The van der Waals surface area contributed by atoms with Gasteiger partial charge < -0.3 is 15.4 Å². The van der Waals surface area contributed by atoms with Gasteiger partial charge in [-0.1, -0.05) is 23.2 Å². The average Bonchev–Trinajstić information content (AvgIpc) is 2.55. The molecule has 2 rings (SSSR count). The maximum atomic E-state index is 12.1. The quantitative estimate of drug-likeness (QED) is 0.744. The molecule has 0 saturated heterocycles. The van der Waals surface area contributed by atoms with E-state index in [1.165, 1.54) is 0 Å². The number of rotatable bonds is 7. The molecule has 0 fully saturated rings. The topological polar surface area (TPSA) is 76.1 Å². The Morgan fingerprint density at radius 1 is 1.22 bits per heavy atom. The van der Waals surface area contributed by atoms with Crippen LogP contribution in [0.25, 0.3) is 0 Å². The molecule has 0 atom stereocenters. The van der Waals surface area contributed by atoms with E-state index >= 15 is 0 Å². The number of nitrogens with zero attached hydrogens (tertiary/aromatic N) is 2. The standard InChI is InChI=1S/C15H16Cl2N4O2/c1-23-8-2-7-18-14-6-5-13(20-21-14)15(22)19-12-4-3-10(16)9-11(12)17/h3-6,9H,2,7-8H2,1H3,(H,18,21)(H,19,22). The van der Waals surface area contributed by atoms with Crippen LogP contribution in [0.5, 0.6) is 0 Å². The zero-order valence-corrected chi connectivity index (χ0v) is 14.0. The molecule has 0 saturated carbocycles. The molecule has 2 N–H and O–H groups in total. The lowest BCUT2D eigenvalue weighted by Crippen LogP contribution is -2.15. The van der Waals surface area contributed by atoms with Gasteiger partial charge in [-0.05, 0) is 36.8 Å². The molecule has 1 heterocycles.